The summed E-state index contributed by atoms with van der Waals surface area (Å²) in [7, 11) is 5.27. The van der Waals surface area contributed by atoms with Gasteiger partial charge >= 0.3 is 5.97 Å². The maximum absolute atomic E-state index is 12.1. The van der Waals surface area contributed by atoms with Crippen LogP contribution < -0.4 is 14.8 Å². The fourth-order valence-corrected chi connectivity index (χ4v) is 5.37. The van der Waals surface area contributed by atoms with Crippen LogP contribution >= 0.6 is 0 Å². The summed E-state index contributed by atoms with van der Waals surface area (Å²) in [5, 5.41) is 16.5. The summed E-state index contributed by atoms with van der Waals surface area (Å²) in [5.74, 6) is 1.41. The zero-order valence-electron chi connectivity index (χ0n) is 20.1. The van der Waals surface area contributed by atoms with E-state index in [-0.39, 0.29) is 18.7 Å². The van der Waals surface area contributed by atoms with Gasteiger partial charge in [-0.3, -0.25) is 19.2 Å². The van der Waals surface area contributed by atoms with Crippen molar-refractivity contribution in [3.63, 3.8) is 0 Å². The lowest BCUT2D eigenvalue weighted by atomic mass is 9.74. The molecule has 1 aromatic carbocycles. The van der Waals surface area contributed by atoms with Gasteiger partial charge in [-0.1, -0.05) is 0 Å². The minimum Gasteiger partial charge on any atom is -0.493 e. The molecule has 1 aromatic heterocycles. The highest BCUT2D eigenvalue weighted by Gasteiger charge is 2.41. The summed E-state index contributed by atoms with van der Waals surface area (Å²) in [6.07, 6.45) is 2.85. The highest BCUT2D eigenvalue weighted by atomic mass is 16.5. The molecule has 3 fully saturated rings. The van der Waals surface area contributed by atoms with Gasteiger partial charge in [0.05, 0.1) is 19.9 Å². The first-order valence-electron chi connectivity index (χ1n) is 11.9. The van der Waals surface area contributed by atoms with Gasteiger partial charge in [-0.05, 0) is 56.0 Å². The fraction of sp³-hybridized carbons (Fsp3) is 0.560. The average Bonchev–Trinajstić information content (AvgIpc) is 3.23. The number of carbonyl (C=O) groups is 2. The Bertz CT molecular complexity index is 1040. The largest absolute Gasteiger partial charge is 0.493 e. The van der Waals surface area contributed by atoms with Gasteiger partial charge in [0, 0.05) is 56.2 Å². The zero-order valence-corrected chi connectivity index (χ0v) is 20.1. The number of methoxy groups -OCH3 is 2. The molecule has 3 saturated heterocycles. The van der Waals surface area contributed by atoms with Crippen LogP contribution in [0.5, 0.6) is 11.5 Å². The highest BCUT2D eigenvalue weighted by Crippen LogP contribution is 2.42. The Kier molecular flexibility index (Phi) is 7.41. The predicted octanol–water partition coefficient (Wildman–Crippen LogP) is 2.65. The van der Waals surface area contributed by atoms with E-state index in [1.165, 1.54) is 5.69 Å². The molecule has 0 saturated carbocycles. The number of aliphatic carboxylic acids is 1. The molecule has 1 amide bonds. The number of fused-ring (bicyclic) bond motifs is 3. The molecular weight excluding hydrogens is 436 g/mol. The SMILES string of the molecule is COc1ccc(-c2cc([C@@H]3CN4CC[C@H]3C[C@@H]4CNC(=O)CCCC(=O)O)n(C)n2)cc1OC. The van der Waals surface area contributed by atoms with E-state index in [2.05, 4.69) is 16.3 Å². The summed E-state index contributed by atoms with van der Waals surface area (Å²) in [6, 6.07) is 8.37. The Morgan fingerprint density at radius 3 is 2.65 bits per heavy atom. The molecule has 4 heterocycles. The summed E-state index contributed by atoms with van der Waals surface area (Å²) in [6.45, 7) is 2.62. The first kappa shape index (κ1) is 24.1. The smallest absolute Gasteiger partial charge is 0.303 e. The molecule has 184 valence electrons. The summed E-state index contributed by atoms with van der Waals surface area (Å²) < 4.78 is 12.8. The molecule has 9 nitrogen and oxygen atoms in total. The van der Waals surface area contributed by atoms with Crippen LogP contribution in [0.1, 0.15) is 43.7 Å². The number of carboxylic acid groups (broad SMARTS) is 1. The quantitative estimate of drug-likeness (QED) is 0.550. The monoisotopic (exact) mass is 470 g/mol. The van der Waals surface area contributed by atoms with Crippen molar-refractivity contribution in [1.82, 2.24) is 20.0 Å². The molecule has 2 bridgehead atoms. The second-order valence-electron chi connectivity index (χ2n) is 9.24. The van der Waals surface area contributed by atoms with E-state index in [4.69, 9.17) is 19.7 Å². The molecule has 1 unspecified atom stereocenters. The van der Waals surface area contributed by atoms with Gasteiger partial charge in [-0.25, -0.2) is 0 Å². The Morgan fingerprint density at radius 2 is 1.97 bits per heavy atom. The van der Waals surface area contributed by atoms with Crippen molar-refractivity contribution < 1.29 is 24.2 Å². The van der Waals surface area contributed by atoms with E-state index in [9.17, 15) is 9.59 Å². The van der Waals surface area contributed by atoms with Gasteiger partial charge in [-0.2, -0.15) is 5.10 Å². The minimum atomic E-state index is -0.862. The van der Waals surface area contributed by atoms with Gasteiger partial charge < -0.3 is 19.9 Å². The lowest BCUT2D eigenvalue weighted by molar-refractivity contribution is -0.137. The maximum atomic E-state index is 12.1. The number of nitrogens with zero attached hydrogens (tertiary/aromatic N) is 3. The molecular formula is C25H34N4O5. The van der Waals surface area contributed by atoms with E-state index >= 15 is 0 Å². The van der Waals surface area contributed by atoms with E-state index in [0.717, 1.165) is 37.2 Å². The van der Waals surface area contributed by atoms with Crippen molar-refractivity contribution in [1.29, 1.82) is 0 Å². The third kappa shape index (κ3) is 5.19. The van der Waals surface area contributed by atoms with Crippen molar-refractivity contribution in [3.05, 3.63) is 30.0 Å². The van der Waals surface area contributed by atoms with Crippen LogP contribution in [0.4, 0.5) is 0 Å². The molecule has 3 aliphatic heterocycles. The van der Waals surface area contributed by atoms with Gasteiger partial charge in [-0.15, -0.1) is 0 Å². The van der Waals surface area contributed by atoms with Crippen molar-refractivity contribution in [2.24, 2.45) is 13.0 Å². The molecule has 2 aromatic rings. The molecule has 3 aliphatic rings. The molecule has 2 N–H and O–H groups in total. The fourth-order valence-electron chi connectivity index (χ4n) is 5.37. The van der Waals surface area contributed by atoms with Crippen LogP contribution in [0.3, 0.4) is 0 Å². The van der Waals surface area contributed by atoms with Gasteiger partial charge in [0.25, 0.3) is 0 Å². The lowest BCUT2D eigenvalue weighted by Crippen LogP contribution is -2.56. The maximum Gasteiger partial charge on any atom is 0.303 e. The molecule has 9 heteroatoms. The number of nitrogens with one attached hydrogen (secondary N) is 1. The molecule has 5 rings (SSSR count). The number of carbonyl (C=O) groups excluding carboxylic acids is 1. The number of piperidine rings is 3. The number of carboxylic acids is 1. The third-order valence-corrected chi connectivity index (χ3v) is 7.18. The number of aryl methyl sites for hydroxylation is 1. The average molecular weight is 471 g/mol. The Hall–Kier alpha value is -3.07. The van der Waals surface area contributed by atoms with Crippen LogP contribution in [-0.2, 0) is 16.6 Å². The third-order valence-electron chi connectivity index (χ3n) is 7.18. The first-order valence-corrected chi connectivity index (χ1v) is 11.9. The number of hydrogen-bond acceptors (Lipinski definition) is 6. The second kappa shape index (κ2) is 10.5. The first-order chi connectivity index (χ1) is 16.4. The Labute approximate surface area is 200 Å². The van der Waals surface area contributed by atoms with E-state index in [1.54, 1.807) is 14.2 Å². The lowest BCUT2D eigenvalue weighted by Gasteiger charge is -2.50. The van der Waals surface area contributed by atoms with E-state index in [1.807, 2.05) is 29.9 Å². The standard InChI is InChI=1S/C25H34N4O5/c1-28-21(13-20(27-28)17-7-8-22(33-2)23(12-17)34-3)19-15-29-10-9-16(19)11-18(29)14-26-24(30)5-4-6-25(31)32/h7-8,12-13,16,18-19H,4-6,9-11,14-15H2,1-3H3,(H,26,30)(H,31,32)/t16-,18+,19+/m0/s1. The van der Waals surface area contributed by atoms with Gasteiger partial charge in [0.15, 0.2) is 11.5 Å². The van der Waals surface area contributed by atoms with Crippen LogP contribution in [0.25, 0.3) is 11.3 Å². The number of rotatable bonds is 10. The van der Waals surface area contributed by atoms with E-state index in [0.29, 0.717) is 42.3 Å². The van der Waals surface area contributed by atoms with Crippen LogP contribution in [0.2, 0.25) is 0 Å². The topological polar surface area (TPSA) is 106 Å². The number of aromatic nitrogens is 2. The van der Waals surface area contributed by atoms with Crippen LogP contribution in [0.15, 0.2) is 24.3 Å². The summed E-state index contributed by atoms with van der Waals surface area (Å²) in [4.78, 5) is 25.2. The molecule has 0 aliphatic carbocycles. The zero-order chi connectivity index (χ0) is 24.2. The normalized spacial score (nSPS) is 23.5. The minimum absolute atomic E-state index is 0.0305. The van der Waals surface area contributed by atoms with Gasteiger partial charge in [0.2, 0.25) is 5.91 Å². The predicted molar refractivity (Wildman–Crippen MR) is 127 cm³/mol. The van der Waals surface area contributed by atoms with E-state index < -0.39 is 5.97 Å². The summed E-state index contributed by atoms with van der Waals surface area (Å²) >= 11 is 0. The van der Waals surface area contributed by atoms with Crippen molar-refractivity contribution in [2.75, 3.05) is 33.9 Å². The van der Waals surface area contributed by atoms with Gasteiger partial charge in [0.1, 0.15) is 0 Å². The van der Waals surface area contributed by atoms with Crippen molar-refractivity contribution in [3.8, 4) is 22.8 Å². The van der Waals surface area contributed by atoms with Crippen LogP contribution in [0, 0.1) is 5.92 Å². The number of hydrogen-bond donors (Lipinski definition) is 2. The number of amides is 1. The van der Waals surface area contributed by atoms with Crippen LogP contribution in [-0.4, -0.2) is 71.6 Å². The van der Waals surface area contributed by atoms with Crippen molar-refractivity contribution in [2.45, 2.75) is 44.1 Å². The highest BCUT2D eigenvalue weighted by molar-refractivity contribution is 5.76. The van der Waals surface area contributed by atoms with Crippen molar-refractivity contribution >= 4 is 11.9 Å². The number of ether oxygens (including phenoxy) is 2. The molecule has 0 spiro atoms. The second-order valence-corrected chi connectivity index (χ2v) is 9.24. The molecule has 34 heavy (non-hydrogen) atoms. The number of benzene rings is 1. The Morgan fingerprint density at radius 1 is 1.18 bits per heavy atom. The molecule has 0 radical (unpaired) electrons. The molecule has 4 atom stereocenters. The summed E-state index contributed by atoms with van der Waals surface area (Å²) in [5.41, 5.74) is 3.14. The Balaban J connectivity index is 1.39.